The summed E-state index contributed by atoms with van der Waals surface area (Å²) in [6, 6.07) is 11.2. The maximum absolute atomic E-state index is 12.4. The van der Waals surface area contributed by atoms with Crippen molar-refractivity contribution in [3.05, 3.63) is 52.9 Å². The van der Waals surface area contributed by atoms with Crippen LogP contribution in [0, 0.1) is 0 Å². The van der Waals surface area contributed by atoms with E-state index in [2.05, 4.69) is 53.5 Å². The van der Waals surface area contributed by atoms with Gasteiger partial charge in [-0.25, -0.2) is 4.68 Å². The number of aromatic nitrogens is 6. The summed E-state index contributed by atoms with van der Waals surface area (Å²) in [6.45, 7) is 8.81. The van der Waals surface area contributed by atoms with Crippen molar-refractivity contribution in [3.8, 4) is 28.1 Å². The van der Waals surface area contributed by atoms with Crippen LogP contribution in [0.25, 0.3) is 33.5 Å². The summed E-state index contributed by atoms with van der Waals surface area (Å²) in [4.78, 5) is 12.4. The second kappa shape index (κ2) is 7.96. The number of hydrogen-bond donors (Lipinski definition) is 2. The molecule has 0 bridgehead atoms. The number of nitrogens with one attached hydrogen (secondary N) is 1. The number of phenolic OH excluding ortho intramolecular Hbond substituents is 1. The molecule has 1 aromatic carbocycles. The maximum Gasteiger partial charge on any atom is 0.251 e. The van der Waals surface area contributed by atoms with Gasteiger partial charge < -0.3 is 15.0 Å². The van der Waals surface area contributed by atoms with Gasteiger partial charge in [0.05, 0.1) is 11.7 Å². The Hall–Kier alpha value is -3.59. The minimum absolute atomic E-state index is 0.0153. The van der Waals surface area contributed by atoms with Crippen LogP contribution in [0.3, 0.4) is 0 Å². The number of nitrogens with zero attached hydrogens (tertiary/aromatic N) is 6. The van der Waals surface area contributed by atoms with Gasteiger partial charge in [0, 0.05) is 34.9 Å². The molecule has 1 aliphatic heterocycles. The quantitative estimate of drug-likeness (QED) is 0.445. The molecule has 36 heavy (non-hydrogen) atoms. The minimum atomic E-state index is -0.0324. The number of rotatable bonds is 4. The summed E-state index contributed by atoms with van der Waals surface area (Å²) >= 11 is 0. The SMILES string of the molecule is CC1(C)CC(n2nnc3cc(-c4ccc(-c5ccn(C6CC6)c(=O)c5)cc4O)nnc32)CC(C)(C)N1. The van der Waals surface area contributed by atoms with Crippen LogP contribution in [0.4, 0.5) is 0 Å². The number of aromatic hydroxyl groups is 1. The van der Waals surface area contributed by atoms with Gasteiger partial charge in [-0.15, -0.1) is 15.3 Å². The van der Waals surface area contributed by atoms with Gasteiger partial charge in [0.15, 0.2) is 0 Å². The molecule has 3 aromatic heterocycles. The zero-order chi connectivity index (χ0) is 25.2. The summed E-state index contributed by atoms with van der Waals surface area (Å²) < 4.78 is 3.67. The van der Waals surface area contributed by atoms with E-state index in [1.807, 2.05) is 29.1 Å². The molecule has 4 aromatic rings. The van der Waals surface area contributed by atoms with E-state index in [0.29, 0.717) is 28.5 Å². The fraction of sp³-hybridized carbons (Fsp3) is 0.444. The first kappa shape index (κ1) is 22.8. The highest BCUT2D eigenvalue weighted by molar-refractivity contribution is 5.79. The number of benzene rings is 1. The number of phenols is 1. The van der Waals surface area contributed by atoms with Gasteiger partial charge in [-0.2, -0.15) is 0 Å². The highest BCUT2D eigenvalue weighted by Gasteiger charge is 2.39. The van der Waals surface area contributed by atoms with Crippen LogP contribution in [-0.2, 0) is 0 Å². The molecule has 9 heteroatoms. The third-order valence-electron chi connectivity index (χ3n) is 7.23. The molecule has 9 nitrogen and oxygen atoms in total. The summed E-state index contributed by atoms with van der Waals surface area (Å²) in [5.74, 6) is 0.0711. The van der Waals surface area contributed by atoms with Crippen molar-refractivity contribution in [2.75, 3.05) is 0 Å². The Morgan fingerprint density at radius 1 is 0.917 bits per heavy atom. The molecule has 0 unspecified atom stereocenters. The smallest absolute Gasteiger partial charge is 0.251 e. The Balaban J connectivity index is 1.30. The van der Waals surface area contributed by atoms with E-state index >= 15 is 0 Å². The lowest BCUT2D eigenvalue weighted by atomic mass is 9.80. The van der Waals surface area contributed by atoms with E-state index in [1.165, 1.54) is 0 Å². The normalized spacial score (nSPS) is 19.6. The Labute approximate surface area is 209 Å². The number of fused-ring (bicyclic) bond motifs is 1. The molecule has 2 fully saturated rings. The van der Waals surface area contributed by atoms with Gasteiger partial charge >= 0.3 is 0 Å². The molecular formula is C27H31N7O2. The monoisotopic (exact) mass is 485 g/mol. The van der Waals surface area contributed by atoms with Crippen molar-refractivity contribution in [2.45, 2.75) is 76.5 Å². The average Bonchev–Trinajstić information content (AvgIpc) is 3.54. The number of piperidine rings is 1. The zero-order valence-corrected chi connectivity index (χ0v) is 21.1. The molecule has 2 N–H and O–H groups in total. The van der Waals surface area contributed by atoms with Crippen LogP contribution >= 0.6 is 0 Å². The van der Waals surface area contributed by atoms with Crippen molar-refractivity contribution in [3.63, 3.8) is 0 Å². The summed E-state index contributed by atoms with van der Waals surface area (Å²) in [5.41, 5.74) is 3.82. The van der Waals surface area contributed by atoms with Crippen LogP contribution in [-0.4, -0.2) is 45.9 Å². The second-order valence-corrected chi connectivity index (χ2v) is 11.6. The molecule has 6 rings (SSSR count). The fourth-order valence-corrected chi connectivity index (χ4v) is 5.82. The molecule has 0 atom stereocenters. The van der Waals surface area contributed by atoms with Crippen LogP contribution in [0.5, 0.6) is 5.75 Å². The average molecular weight is 486 g/mol. The van der Waals surface area contributed by atoms with E-state index in [4.69, 9.17) is 0 Å². The molecule has 4 heterocycles. The van der Waals surface area contributed by atoms with Gasteiger partial charge in [-0.1, -0.05) is 11.3 Å². The van der Waals surface area contributed by atoms with Crippen molar-refractivity contribution in [2.24, 2.45) is 0 Å². The standard InChI is InChI=1S/C27H31N7O2/c1-26(2)14-19(15-27(3,4)31-26)34-25-22(29-32-34)13-21(28-30-25)20-8-5-16(11-23(20)35)17-9-10-33(18-6-7-18)24(36)12-17/h5,8-13,18-19,31,35H,6-7,14-15H2,1-4H3. The highest BCUT2D eigenvalue weighted by atomic mass is 16.3. The lowest BCUT2D eigenvalue weighted by Crippen LogP contribution is -2.58. The van der Waals surface area contributed by atoms with Gasteiger partial charge in [0.2, 0.25) is 5.65 Å². The first-order valence-corrected chi connectivity index (χ1v) is 12.5. The van der Waals surface area contributed by atoms with E-state index < -0.39 is 0 Å². The first-order chi connectivity index (χ1) is 17.1. The topological polar surface area (TPSA) is 111 Å². The third-order valence-corrected chi connectivity index (χ3v) is 7.23. The molecule has 0 spiro atoms. The van der Waals surface area contributed by atoms with Crippen LogP contribution in [0.1, 0.15) is 65.5 Å². The maximum atomic E-state index is 12.4. The van der Waals surface area contributed by atoms with Crippen molar-refractivity contribution < 1.29 is 5.11 Å². The minimum Gasteiger partial charge on any atom is -0.507 e. The second-order valence-electron chi connectivity index (χ2n) is 11.6. The molecule has 1 saturated carbocycles. The number of pyridine rings is 1. The third kappa shape index (κ3) is 4.17. The van der Waals surface area contributed by atoms with Crippen molar-refractivity contribution >= 4 is 11.2 Å². The molecular weight excluding hydrogens is 454 g/mol. The molecule has 1 aliphatic carbocycles. The van der Waals surface area contributed by atoms with Crippen LogP contribution < -0.4 is 10.9 Å². The Bertz CT molecular complexity index is 1510. The van der Waals surface area contributed by atoms with Crippen molar-refractivity contribution in [1.29, 1.82) is 0 Å². The largest absolute Gasteiger partial charge is 0.507 e. The predicted octanol–water partition coefficient (Wildman–Crippen LogP) is 4.24. The first-order valence-electron chi connectivity index (χ1n) is 12.5. The number of hydrogen-bond acceptors (Lipinski definition) is 7. The lowest BCUT2D eigenvalue weighted by Gasteiger charge is -2.46. The van der Waals surface area contributed by atoms with E-state index in [-0.39, 0.29) is 28.4 Å². The lowest BCUT2D eigenvalue weighted by molar-refractivity contribution is 0.127. The van der Waals surface area contributed by atoms with E-state index in [0.717, 1.165) is 36.8 Å². The Kier molecular flexibility index (Phi) is 5.05. The van der Waals surface area contributed by atoms with E-state index in [9.17, 15) is 9.90 Å². The fourth-order valence-electron chi connectivity index (χ4n) is 5.82. The van der Waals surface area contributed by atoms with Gasteiger partial charge in [-0.3, -0.25) is 4.79 Å². The summed E-state index contributed by atoms with van der Waals surface area (Å²) in [5, 5.41) is 32.2. The van der Waals surface area contributed by atoms with Gasteiger partial charge in [0.1, 0.15) is 11.3 Å². The molecule has 1 saturated heterocycles. The summed E-state index contributed by atoms with van der Waals surface area (Å²) in [7, 11) is 0. The van der Waals surface area contributed by atoms with Crippen LogP contribution in [0.15, 0.2) is 47.4 Å². The molecule has 186 valence electrons. The molecule has 2 aliphatic rings. The van der Waals surface area contributed by atoms with E-state index in [1.54, 1.807) is 22.8 Å². The molecule has 0 amide bonds. The molecule has 0 radical (unpaired) electrons. The Morgan fingerprint density at radius 2 is 1.64 bits per heavy atom. The highest BCUT2D eigenvalue weighted by Crippen LogP contribution is 2.38. The Morgan fingerprint density at radius 3 is 2.31 bits per heavy atom. The predicted molar refractivity (Wildman–Crippen MR) is 138 cm³/mol. The van der Waals surface area contributed by atoms with Crippen molar-refractivity contribution in [1.82, 2.24) is 35.1 Å². The van der Waals surface area contributed by atoms with Gasteiger partial charge in [-0.05, 0) is 88.8 Å². The van der Waals surface area contributed by atoms with Crippen LogP contribution in [0.2, 0.25) is 0 Å². The van der Waals surface area contributed by atoms with Gasteiger partial charge in [0.25, 0.3) is 5.56 Å². The zero-order valence-electron chi connectivity index (χ0n) is 21.1. The summed E-state index contributed by atoms with van der Waals surface area (Å²) in [6.07, 6.45) is 5.77.